The third-order valence-electron chi connectivity index (χ3n) is 15.2. The molecule has 132 heavy (non-hydrogen) atoms. The van der Waals surface area contributed by atoms with Crippen LogP contribution in [0.15, 0.2) is 62.9 Å². The molecule has 0 aromatic carbocycles. The Morgan fingerprint density at radius 1 is 0.386 bits per heavy atom. The normalized spacial score (nSPS) is 30.2. The molecule has 4 aromatic heterocycles. The number of hydrogen-bond donors (Lipinski definition) is 24. The molecule has 0 aliphatic carbocycles. The van der Waals surface area contributed by atoms with Gasteiger partial charge in [-0.15, -0.1) is 23.7 Å². The molecular formula is C50H70F4N10O56P12. The van der Waals surface area contributed by atoms with Gasteiger partial charge < -0.3 is 118 Å². The molecule has 8 rings (SSSR count). The summed E-state index contributed by atoms with van der Waals surface area (Å²) < 4.78 is 298. The van der Waals surface area contributed by atoms with Crippen LogP contribution in [0.25, 0.3) is 0 Å². The predicted molar refractivity (Wildman–Crippen MR) is 408 cm³/mol. The molecule has 0 bridgehead atoms. The molecule has 66 nitrogen and oxygen atoms in total. The Hall–Kier alpha value is -6.14. The standard InChI is InChI=1S/C14H20FN2O14P3.C13H18FN2O14P3.C12H17FN3O14P3.C11H15FN3O14P3/c1-4-5-14(15)11(19)10(28-12(14)17-7(2)6-9(18)16-13(17)20)8(3)29-33(24,25)31-34(26,27)30-32(21,22)23;1-3-4-13(14)10(18)8(28-11(13)16-7(2)5-9(17)15-12(16)19)6-27-32(23,24)30-33(25,26)29-31(20,21)22;1-3-4-12(13)9(18)8(27-10(12)16-11(19)15-7(17)5-14-16)6(2)28-32(23,24)30-33(25,26)29-31(20,21)22;1-2-3-11(12)8(17)6(27-9(11)15-10(18)14-7(16)4-13-15)5-26-31(22,23)29-32(24,25)28-30(19,20)21/h6,8,10-12,19H,1-3H3,(H,24,25)(H,26,27)(H,16,18,20)(H2,21,22,23);5,8,10-11,18H,6H2,1-2H3,(H,23,24)(H,25,26)(H,15,17,19)(H2,20,21,22);5-6,8-10,18H,1-2H3,(H,23,24)(H,25,26)(H,15,17,19)(H2,20,21,22);4,6,8-9,17H,5H2,1H3,(H,22,23)(H,24,25)(H,14,16,18)(H2,19,20,21)/t8-,10+,11-,12+,14?;8-,10+,11-,13?;6-,8+,9-,10+,12?;6-,8+,9-,11?/m0101/s1/i;6D2;;5D2. The average Bonchev–Trinajstić information content (AvgIpc) is 1.57. The summed E-state index contributed by atoms with van der Waals surface area (Å²) in [5.74, 6) is 16.3. The maximum atomic E-state index is 15.8. The van der Waals surface area contributed by atoms with Crippen LogP contribution in [-0.2, 0) is 126 Å². The highest BCUT2D eigenvalue weighted by Crippen LogP contribution is 2.71. The Kier molecular flexibility index (Phi) is 36.1. The van der Waals surface area contributed by atoms with Crippen LogP contribution in [0.3, 0.4) is 0 Å². The number of alkyl halides is 4. The van der Waals surface area contributed by atoms with E-state index in [2.05, 4.69) is 86.5 Å². The number of phosphoric ester groups is 4. The molecule has 24 N–H and O–H groups in total. The molecule has 4 saturated heterocycles. The zero-order valence-corrected chi connectivity index (χ0v) is 76.3. The van der Waals surface area contributed by atoms with E-state index in [4.69, 9.17) is 68.5 Å². The minimum absolute atomic E-state index is 0.0907. The van der Waals surface area contributed by atoms with Crippen LogP contribution < -0.4 is 45.0 Å². The lowest BCUT2D eigenvalue weighted by atomic mass is 9.94. The van der Waals surface area contributed by atoms with Crippen molar-refractivity contribution >= 4 is 93.9 Å². The molecular weight excluding hydrogens is 2080 g/mol. The van der Waals surface area contributed by atoms with E-state index < -0.39 is 261 Å². The van der Waals surface area contributed by atoms with E-state index in [0.29, 0.717) is 26.2 Å². The number of aromatic amines is 4. The number of nitrogens with zero attached hydrogens (tertiary/aromatic N) is 6. The highest BCUT2D eigenvalue weighted by atomic mass is 31.3. The molecule has 744 valence electrons. The zero-order chi connectivity index (χ0) is 105. The van der Waals surface area contributed by atoms with Crippen molar-refractivity contribution in [2.75, 3.05) is 13.1 Å². The SMILES string of the molecule is CC#CC1(F)[C@@H](O)[C@@H]([C@H](C)OP(=O)(O)OP(=O)(O)OP(=O)(O)O)O[C@H]1n1c(C)cc(=O)[nH]c1=O.CC#CC1(F)[C@@H](O)[C@@H]([C@H](C)OP(=O)(O)OP(=O)(O)OP(=O)(O)O)O[C@H]1n1ncc(=O)[nH]c1=O.[2H]C([2H])(OP(=O)(O)OP(=O)(O)OP(=O)(O)O)[C@H]1O[C@@H](n2c(C)cc(=O)[nH]c2=O)C(F)(C#CC)[C@H]1O.[2H]C([2H])(OP(=O)(O)OP(=O)(O)OP(=O)(O)O)[C@H]1O[C@@H](n2ncc(=O)[nH]c2=O)C(F)(C#CC)[C@H]1O. The van der Waals surface area contributed by atoms with Crippen LogP contribution in [0.4, 0.5) is 17.6 Å². The fourth-order valence-electron chi connectivity index (χ4n) is 10.8. The van der Waals surface area contributed by atoms with E-state index in [9.17, 15) is 148 Å². The smallest absolute Gasteiger partial charge is 0.386 e. The lowest BCUT2D eigenvalue weighted by molar-refractivity contribution is -0.0829. The van der Waals surface area contributed by atoms with E-state index in [0.717, 1.165) is 39.8 Å². The van der Waals surface area contributed by atoms with Gasteiger partial charge in [-0.3, -0.25) is 66.3 Å². The first-order chi connectivity index (χ1) is 61.1. The predicted octanol–water partition coefficient (Wildman–Crippen LogP) is -4.34. The van der Waals surface area contributed by atoms with Crippen molar-refractivity contribution in [2.45, 2.75) is 164 Å². The maximum absolute atomic E-state index is 15.8. The monoisotopic (exact) mass is 2160 g/mol. The minimum atomic E-state index is -6.10. The van der Waals surface area contributed by atoms with Gasteiger partial charge in [-0.1, -0.05) is 23.7 Å². The van der Waals surface area contributed by atoms with Crippen LogP contribution in [0, 0.1) is 61.2 Å². The molecule has 0 spiro atoms. The molecule has 4 fully saturated rings. The summed E-state index contributed by atoms with van der Waals surface area (Å²) in [5, 5.41) is 48.5. The van der Waals surface area contributed by atoms with Gasteiger partial charge in [-0.25, -0.2) is 91.5 Å². The second kappa shape index (κ2) is 43.5. The number of nitrogens with one attached hydrogen (secondary N) is 4. The fourth-order valence-corrected chi connectivity index (χ4v) is 23.0. The molecule has 8 heterocycles. The molecule has 4 aliphatic heterocycles. The first-order valence-electron chi connectivity index (χ1n) is 35.3. The minimum Gasteiger partial charge on any atom is -0.386 e. The van der Waals surface area contributed by atoms with Crippen molar-refractivity contribution in [2.24, 2.45) is 0 Å². The number of phosphoric acid groups is 12. The van der Waals surface area contributed by atoms with Gasteiger partial charge in [0.25, 0.3) is 22.2 Å². The summed E-state index contributed by atoms with van der Waals surface area (Å²) in [7, 11) is -70.0. The van der Waals surface area contributed by atoms with Gasteiger partial charge in [0.15, 0.2) is 12.5 Å². The van der Waals surface area contributed by atoms with Crippen molar-refractivity contribution in [1.29, 1.82) is 0 Å². The summed E-state index contributed by atoms with van der Waals surface area (Å²) in [6, 6.07) is 1.77. The molecule has 4 aliphatic rings. The second-order valence-corrected chi connectivity index (χ2v) is 42.6. The van der Waals surface area contributed by atoms with Gasteiger partial charge in [0.05, 0.1) is 30.8 Å². The quantitative estimate of drug-likeness (QED) is 0.0125. The molecule has 4 aromatic rings. The zero-order valence-electron chi connectivity index (χ0n) is 69.6. The maximum Gasteiger partial charge on any atom is 0.490 e. The third-order valence-corrected chi connectivity index (χ3v) is 30.4. The second-order valence-electron chi connectivity index (χ2n) is 25.1. The van der Waals surface area contributed by atoms with E-state index in [-0.39, 0.29) is 16.1 Å². The van der Waals surface area contributed by atoms with E-state index in [1.165, 1.54) is 27.7 Å². The first-order valence-corrected chi connectivity index (χ1v) is 51.4. The number of rotatable bonds is 32. The number of aliphatic hydroxyl groups is 4. The molecule has 0 radical (unpaired) electrons. The van der Waals surface area contributed by atoms with Crippen molar-refractivity contribution in [3.63, 3.8) is 0 Å². The van der Waals surface area contributed by atoms with Crippen LogP contribution >= 0.6 is 93.9 Å². The topological polar surface area (TPSA) is 1000 Å². The van der Waals surface area contributed by atoms with E-state index in [1.807, 2.05) is 28.7 Å². The lowest BCUT2D eigenvalue weighted by Crippen LogP contribution is -2.46. The largest absolute Gasteiger partial charge is 0.490 e. The summed E-state index contributed by atoms with van der Waals surface area (Å²) in [6.07, 6.45) is -30.1. The number of aliphatic hydroxyl groups excluding tert-OH is 4. The molecule has 26 atom stereocenters. The number of halogens is 4. The van der Waals surface area contributed by atoms with Crippen LogP contribution in [0.5, 0.6) is 0 Å². The van der Waals surface area contributed by atoms with Gasteiger partial charge in [-0.05, 0) is 55.4 Å². The fraction of sp³-hybridized carbons (Fsp3) is 0.560. The highest BCUT2D eigenvalue weighted by molar-refractivity contribution is 7.68. The van der Waals surface area contributed by atoms with Gasteiger partial charge in [0.2, 0.25) is 35.1 Å². The number of ether oxygens (including phenoxy) is 4. The highest BCUT2D eigenvalue weighted by Gasteiger charge is 2.65. The van der Waals surface area contributed by atoms with Gasteiger partial charge in [-0.2, -0.15) is 54.0 Å². The molecule has 0 saturated carbocycles. The van der Waals surface area contributed by atoms with Gasteiger partial charge in [0, 0.05) is 23.5 Å². The number of aromatic nitrogens is 10. The van der Waals surface area contributed by atoms with Crippen molar-refractivity contribution < 1.29 is 248 Å². The summed E-state index contributed by atoms with van der Waals surface area (Å²) in [5.41, 5.74) is -21.6. The first kappa shape index (κ1) is 110. The number of H-pyrrole nitrogens is 4. The third kappa shape index (κ3) is 32.0. The van der Waals surface area contributed by atoms with Crippen molar-refractivity contribution in [1.82, 2.24) is 48.6 Å². The van der Waals surface area contributed by atoms with Gasteiger partial charge in [0.1, 0.15) is 61.2 Å². The average molecular weight is 2160 g/mol. The Labute approximate surface area is 732 Å². The van der Waals surface area contributed by atoms with Crippen molar-refractivity contribution in [3.05, 3.63) is 119 Å². The Bertz CT molecular complexity index is 6620. The Morgan fingerprint density at radius 3 is 0.909 bits per heavy atom. The molecule has 12 unspecified atom stereocenters. The van der Waals surface area contributed by atoms with E-state index in [1.54, 1.807) is 15.0 Å². The number of aryl methyl sites for hydroxylation is 2. The van der Waals surface area contributed by atoms with E-state index >= 15 is 17.6 Å². The van der Waals surface area contributed by atoms with Crippen LogP contribution in [0.2, 0.25) is 0 Å². The molecule has 0 amide bonds. The summed E-state index contributed by atoms with van der Waals surface area (Å²) in [4.78, 5) is 244. The summed E-state index contributed by atoms with van der Waals surface area (Å²) in [6.45, 7) is 1.33. The van der Waals surface area contributed by atoms with Crippen molar-refractivity contribution in [3.8, 4) is 47.4 Å². The van der Waals surface area contributed by atoms with Crippen LogP contribution in [0.1, 0.15) is 83.3 Å². The van der Waals surface area contributed by atoms with Crippen LogP contribution in [-0.4, -0.2) is 244 Å². The molecule has 82 heteroatoms. The Balaban J connectivity index is 0.000000320. The number of hydrogen-bond acceptors (Lipinski definition) is 42. The van der Waals surface area contributed by atoms with Gasteiger partial charge >= 0.3 is 117 Å². The summed E-state index contributed by atoms with van der Waals surface area (Å²) >= 11 is 0. The lowest BCUT2D eigenvalue weighted by Gasteiger charge is -2.25. The Morgan fingerprint density at radius 2 is 0.629 bits per heavy atom.